The highest BCUT2D eigenvalue weighted by molar-refractivity contribution is 5.92. The minimum absolute atomic E-state index is 0.0811. The number of rotatable bonds is 4. The van der Waals surface area contributed by atoms with Crippen LogP contribution < -0.4 is 16.0 Å². The van der Waals surface area contributed by atoms with E-state index in [2.05, 4.69) is 33.2 Å². The van der Waals surface area contributed by atoms with Crippen LogP contribution in [0.1, 0.15) is 38.3 Å². The molecule has 2 unspecified atom stereocenters. The van der Waals surface area contributed by atoms with E-state index in [0.29, 0.717) is 12.3 Å². The molecule has 6 heteroatoms. The molecule has 1 amide bonds. The molecule has 2 atom stereocenters. The SMILES string of the molecule is Cc1ncc(N2CC(C)CC(NC(=O)CC3(N)CC3)C2)c2cccnc12. The van der Waals surface area contributed by atoms with Gasteiger partial charge in [-0.25, -0.2) is 0 Å². The fraction of sp³-hybridized carbons (Fsp3) is 0.550. The normalized spacial score (nSPS) is 24.5. The number of aromatic nitrogens is 2. The number of fused-ring (bicyclic) bond motifs is 1. The third-order valence-electron chi connectivity index (χ3n) is 5.58. The Hall–Kier alpha value is -2.21. The minimum atomic E-state index is -0.243. The highest BCUT2D eigenvalue weighted by Gasteiger charge is 2.40. The molecule has 1 saturated carbocycles. The van der Waals surface area contributed by atoms with Gasteiger partial charge in [0.2, 0.25) is 5.91 Å². The van der Waals surface area contributed by atoms with Gasteiger partial charge in [0.15, 0.2) is 0 Å². The summed E-state index contributed by atoms with van der Waals surface area (Å²) in [5.41, 5.74) is 8.83. The molecule has 26 heavy (non-hydrogen) atoms. The minimum Gasteiger partial charge on any atom is -0.367 e. The molecule has 138 valence electrons. The van der Waals surface area contributed by atoms with Gasteiger partial charge in [-0.2, -0.15) is 0 Å². The molecule has 2 aliphatic rings. The zero-order valence-electron chi connectivity index (χ0n) is 15.5. The summed E-state index contributed by atoms with van der Waals surface area (Å²) in [6.45, 7) is 5.98. The maximum absolute atomic E-state index is 12.3. The van der Waals surface area contributed by atoms with Crippen molar-refractivity contribution in [3.05, 3.63) is 30.2 Å². The van der Waals surface area contributed by atoms with Crippen LogP contribution in [0.25, 0.3) is 10.9 Å². The summed E-state index contributed by atoms with van der Waals surface area (Å²) < 4.78 is 0. The van der Waals surface area contributed by atoms with E-state index < -0.39 is 0 Å². The molecule has 0 spiro atoms. The van der Waals surface area contributed by atoms with Gasteiger partial charge in [-0.3, -0.25) is 14.8 Å². The van der Waals surface area contributed by atoms with E-state index in [1.807, 2.05) is 25.4 Å². The standard InChI is InChI=1S/C20H27N5O/c1-13-8-15(24-18(26)9-20(21)5-6-20)12-25(11-13)17-10-23-14(2)19-16(17)4-3-7-22-19/h3-4,7,10,13,15H,5-6,8-9,11-12,21H2,1-2H3,(H,24,26). The van der Waals surface area contributed by atoms with E-state index in [1.165, 1.54) is 0 Å². The lowest BCUT2D eigenvalue weighted by atomic mass is 9.94. The van der Waals surface area contributed by atoms with Crippen molar-refractivity contribution >= 4 is 22.5 Å². The molecular weight excluding hydrogens is 326 g/mol. The average Bonchev–Trinajstić information content (AvgIpc) is 3.31. The summed E-state index contributed by atoms with van der Waals surface area (Å²) in [4.78, 5) is 23.7. The van der Waals surface area contributed by atoms with Crippen LogP contribution in [0.4, 0.5) is 5.69 Å². The predicted octanol–water partition coefficient (Wildman–Crippen LogP) is 2.15. The van der Waals surface area contributed by atoms with Gasteiger partial charge in [-0.05, 0) is 44.2 Å². The van der Waals surface area contributed by atoms with Crippen LogP contribution in [-0.4, -0.2) is 40.5 Å². The van der Waals surface area contributed by atoms with Crippen molar-refractivity contribution in [3.8, 4) is 0 Å². The maximum Gasteiger partial charge on any atom is 0.222 e. The molecule has 0 radical (unpaired) electrons. The Bertz CT molecular complexity index is 832. The third kappa shape index (κ3) is 3.51. The molecule has 6 nitrogen and oxygen atoms in total. The van der Waals surface area contributed by atoms with Gasteiger partial charge in [0.25, 0.3) is 0 Å². The number of carbonyl (C=O) groups excluding carboxylic acids is 1. The quantitative estimate of drug-likeness (QED) is 0.880. The zero-order valence-corrected chi connectivity index (χ0v) is 15.5. The number of hydrogen-bond donors (Lipinski definition) is 2. The van der Waals surface area contributed by atoms with E-state index in [9.17, 15) is 4.79 Å². The first-order valence-corrected chi connectivity index (χ1v) is 9.47. The van der Waals surface area contributed by atoms with Crippen LogP contribution in [-0.2, 0) is 4.79 Å². The highest BCUT2D eigenvalue weighted by Crippen LogP contribution is 2.35. The van der Waals surface area contributed by atoms with Gasteiger partial charge in [-0.1, -0.05) is 6.92 Å². The fourth-order valence-corrected chi connectivity index (χ4v) is 4.03. The van der Waals surface area contributed by atoms with Crippen molar-refractivity contribution < 1.29 is 4.79 Å². The summed E-state index contributed by atoms with van der Waals surface area (Å²) >= 11 is 0. The summed E-state index contributed by atoms with van der Waals surface area (Å²) in [5, 5.41) is 4.33. The molecule has 1 aliphatic heterocycles. The number of anilines is 1. The van der Waals surface area contributed by atoms with Crippen LogP contribution >= 0.6 is 0 Å². The fourth-order valence-electron chi connectivity index (χ4n) is 4.03. The lowest BCUT2D eigenvalue weighted by molar-refractivity contribution is -0.122. The van der Waals surface area contributed by atoms with Crippen molar-refractivity contribution in [2.45, 2.75) is 51.1 Å². The van der Waals surface area contributed by atoms with Crippen LogP contribution in [0.5, 0.6) is 0 Å². The molecule has 1 saturated heterocycles. The second kappa shape index (κ2) is 6.50. The Morgan fingerprint density at radius 3 is 2.96 bits per heavy atom. The molecule has 4 rings (SSSR count). The van der Waals surface area contributed by atoms with Crippen molar-refractivity contribution in [2.75, 3.05) is 18.0 Å². The number of amides is 1. The van der Waals surface area contributed by atoms with Gasteiger partial charge in [-0.15, -0.1) is 0 Å². The van der Waals surface area contributed by atoms with E-state index in [1.54, 1.807) is 0 Å². The average molecular weight is 353 g/mol. The van der Waals surface area contributed by atoms with E-state index in [-0.39, 0.29) is 17.5 Å². The number of aryl methyl sites for hydroxylation is 1. The van der Waals surface area contributed by atoms with Crippen LogP contribution in [0, 0.1) is 12.8 Å². The Kier molecular flexibility index (Phi) is 4.31. The summed E-state index contributed by atoms with van der Waals surface area (Å²) in [6.07, 6.45) is 7.11. The van der Waals surface area contributed by atoms with Gasteiger partial charge in [0.1, 0.15) is 0 Å². The lowest BCUT2D eigenvalue weighted by Crippen LogP contribution is -2.51. The van der Waals surface area contributed by atoms with Crippen LogP contribution in [0.3, 0.4) is 0 Å². The van der Waals surface area contributed by atoms with Crippen molar-refractivity contribution in [1.82, 2.24) is 15.3 Å². The number of nitrogens with two attached hydrogens (primary N) is 1. The monoisotopic (exact) mass is 353 g/mol. The molecule has 1 aliphatic carbocycles. The molecule has 2 fully saturated rings. The van der Waals surface area contributed by atoms with E-state index in [0.717, 1.165) is 54.6 Å². The van der Waals surface area contributed by atoms with Gasteiger partial charge in [0, 0.05) is 42.7 Å². The first-order chi connectivity index (χ1) is 12.4. The number of carbonyl (C=O) groups is 1. The number of piperidine rings is 1. The van der Waals surface area contributed by atoms with E-state index >= 15 is 0 Å². The van der Waals surface area contributed by atoms with Crippen LogP contribution in [0.2, 0.25) is 0 Å². The number of nitrogens with zero attached hydrogens (tertiary/aromatic N) is 3. The number of pyridine rings is 2. The second-order valence-electron chi connectivity index (χ2n) is 8.18. The van der Waals surface area contributed by atoms with Gasteiger partial charge in [0.05, 0.1) is 23.1 Å². The van der Waals surface area contributed by atoms with Gasteiger partial charge >= 0.3 is 0 Å². The molecule has 3 N–H and O–H groups in total. The summed E-state index contributed by atoms with van der Waals surface area (Å²) in [5.74, 6) is 0.576. The first kappa shape index (κ1) is 17.2. The summed E-state index contributed by atoms with van der Waals surface area (Å²) in [7, 11) is 0. The Labute approximate surface area is 154 Å². The van der Waals surface area contributed by atoms with Crippen molar-refractivity contribution in [2.24, 2.45) is 11.7 Å². The second-order valence-corrected chi connectivity index (χ2v) is 8.18. The number of nitrogens with one attached hydrogen (secondary N) is 1. The van der Waals surface area contributed by atoms with Crippen molar-refractivity contribution in [1.29, 1.82) is 0 Å². The molecule has 2 aromatic rings. The van der Waals surface area contributed by atoms with Crippen LogP contribution in [0.15, 0.2) is 24.5 Å². The Morgan fingerprint density at radius 2 is 2.19 bits per heavy atom. The van der Waals surface area contributed by atoms with Gasteiger partial charge < -0.3 is 16.0 Å². The van der Waals surface area contributed by atoms with E-state index in [4.69, 9.17) is 5.73 Å². The van der Waals surface area contributed by atoms with Crippen molar-refractivity contribution in [3.63, 3.8) is 0 Å². The maximum atomic E-state index is 12.3. The molecular formula is C20H27N5O. The first-order valence-electron chi connectivity index (χ1n) is 9.47. The smallest absolute Gasteiger partial charge is 0.222 e. The molecule has 0 aromatic carbocycles. The molecule has 2 aromatic heterocycles. The Morgan fingerprint density at radius 1 is 1.38 bits per heavy atom. The lowest BCUT2D eigenvalue weighted by Gasteiger charge is -2.38. The zero-order chi connectivity index (χ0) is 18.3. The Balaban J connectivity index is 1.53. The summed E-state index contributed by atoms with van der Waals surface area (Å²) in [6, 6.07) is 4.21. The topological polar surface area (TPSA) is 84.1 Å². The largest absolute Gasteiger partial charge is 0.367 e. The third-order valence-corrected chi connectivity index (χ3v) is 5.58. The predicted molar refractivity (Wildman–Crippen MR) is 103 cm³/mol. The number of hydrogen-bond acceptors (Lipinski definition) is 5. The highest BCUT2D eigenvalue weighted by atomic mass is 16.1. The molecule has 3 heterocycles. The molecule has 0 bridgehead atoms.